The first-order chi connectivity index (χ1) is 15.6. The number of rotatable bonds is 7. The second-order valence-corrected chi connectivity index (χ2v) is 8.10. The molecule has 1 aliphatic heterocycles. The summed E-state index contributed by atoms with van der Waals surface area (Å²) in [6, 6.07) is 25.0. The fourth-order valence-electron chi connectivity index (χ4n) is 4.12. The Balaban J connectivity index is 1.40. The Labute approximate surface area is 189 Å². The molecule has 3 aromatic carbocycles. The van der Waals surface area contributed by atoms with Gasteiger partial charge in [-0.3, -0.25) is 9.59 Å². The predicted octanol–water partition coefficient (Wildman–Crippen LogP) is 4.91. The Bertz CT molecular complexity index is 1020. The highest BCUT2D eigenvalue weighted by Gasteiger charge is 2.25. The molecule has 0 saturated carbocycles. The van der Waals surface area contributed by atoms with Crippen LogP contribution in [0.1, 0.15) is 35.4 Å². The number of nitrogens with one attached hydrogen (secondary N) is 1. The largest absolute Gasteiger partial charge is 0.455 e. The number of esters is 1. The summed E-state index contributed by atoms with van der Waals surface area (Å²) in [7, 11) is 0. The van der Waals surface area contributed by atoms with Crippen LogP contribution in [0.2, 0.25) is 0 Å². The Kier molecular flexibility index (Phi) is 6.85. The molecule has 0 spiro atoms. The van der Waals surface area contributed by atoms with Crippen molar-refractivity contribution in [3.8, 4) is 0 Å². The fourth-order valence-corrected chi connectivity index (χ4v) is 4.12. The van der Waals surface area contributed by atoms with E-state index in [1.165, 1.54) is 18.5 Å². The molecule has 1 saturated heterocycles. The SMILES string of the molecule is Cc1cc(N2CCCC2)ccc1NC(=O)COC(=O)C(c1ccccc1)c1ccccc1. The summed E-state index contributed by atoms with van der Waals surface area (Å²) in [5, 5.41) is 2.87. The van der Waals surface area contributed by atoms with Crippen molar-refractivity contribution in [3.05, 3.63) is 95.6 Å². The van der Waals surface area contributed by atoms with E-state index in [2.05, 4.69) is 16.3 Å². The molecule has 1 N–H and O–H groups in total. The molecule has 1 fully saturated rings. The van der Waals surface area contributed by atoms with Crippen LogP contribution in [0.4, 0.5) is 11.4 Å². The molecule has 0 aliphatic carbocycles. The molecule has 4 rings (SSSR count). The molecule has 0 radical (unpaired) electrons. The number of hydrogen-bond acceptors (Lipinski definition) is 4. The lowest BCUT2D eigenvalue weighted by molar-refractivity contribution is -0.147. The molecule has 1 amide bonds. The highest BCUT2D eigenvalue weighted by Crippen LogP contribution is 2.27. The van der Waals surface area contributed by atoms with Gasteiger partial charge in [-0.15, -0.1) is 0 Å². The van der Waals surface area contributed by atoms with Crippen LogP contribution >= 0.6 is 0 Å². The van der Waals surface area contributed by atoms with E-state index in [9.17, 15) is 9.59 Å². The van der Waals surface area contributed by atoms with Gasteiger partial charge in [-0.25, -0.2) is 0 Å². The highest BCUT2D eigenvalue weighted by atomic mass is 16.5. The number of benzene rings is 3. The van der Waals surface area contributed by atoms with Crippen molar-refractivity contribution in [2.24, 2.45) is 0 Å². The molecular weight excluding hydrogens is 400 g/mol. The molecule has 1 aliphatic rings. The topological polar surface area (TPSA) is 58.6 Å². The summed E-state index contributed by atoms with van der Waals surface area (Å²) in [5.74, 6) is -1.37. The maximum atomic E-state index is 13.0. The number of hydrogen-bond donors (Lipinski definition) is 1. The average Bonchev–Trinajstić information content (AvgIpc) is 3.36. The molecule has 0 bridgehead atoms. The van der Waals surface area contributed by atoms with Crippen molar-refractivity contribution in [2.75, 3.05) is 29.9 Å². The number of anilines is 2. The van der Waals surface area contributed by atoms with Crippen LogP contribution in [0.15, 0.2) is 78.9 Å². The van der Waals surface area contributed by atoms with Crippen molar-refractivity contribution in [2.45, 2.75) is 25.7 Å². The van der Waals surface area contributed by atoms with Gasteiger partial charge >= 0.3 is 5.97 Å². The van der Waals surface area contributed by atoms with E-state index >= 15 is 0 Å². The number of amides is 1. The predicted molar refractivity (Wildman–Crippen MR) is 127 cm³/mol. The summed E-state index contributed by atoms with van der Waals surface area (Å²) in [6.45, 7) is 3.79. The van der Waals surface area contributed by atoms with E-state index in [1.807, 2.05) is 79.7 Å². The van der Waals surface area contributed by atoms with E-state index in [4.69, 9.17) is 4.74 Å². The zero-order valence-corrected chi connectivity index (χ0v) is 18.3. The lowest BCUT2D eigenvalue weighted by Crippen LogP contribution is -2.25. The lowest BCUT2D eigenvalue weighted by atomic mass is 9.91. The number of ether oxygens (including phenoxy) is 1. The molecule has 0 aromatic heterocycles. The Morgan fingerprint density at radius 2 is 1.50 bits per heavy atom. The van der Waals surface area contributed by atoms with E-state index in [-0.39, 0.29) is 12.5 Å². The molecule has 0 atom stereocenters. The van der Waals surface area contributed by atoms with Crippen molar-refractivity contribution in [1.82, 2.24) is 0 Å². The van der Waals surface area contributed by atoms with Crippen LogP contribution < -0.4 is 10.2 Å². The Hall–Kier alpha value is -3.60. The average molecular weight is 429 g/mol. The third-order valence-corrected chi connectivity index (χ3v) is 5.80. The van der Waals surface area contributed by atoms with Crippen LogP contribution in [-0.4, -0.2) is 31.6 Å². The van der Waals surface area contributed by atoms with E-state index in [1.54, 1.807) is 0 Å². The van der Waals surface area contributed by atoms with E-state index in [0.29, 0.717) is 0 Å². The number of aryl methyl sites for hydroxylation is 1. The monoisotopic (exact) mass is 428 g/mol. The minimum Gasteiger partial charge on any atom is -0.455 e. The smallest absolute Gasteiger partial charge is 0.318 e. The maximum Gasteiger partial charge on any atom is 0.318 e. The highest BCUT2D eigenvalue weighted by molar-refractivity contribution is 5.94. The standard InChI is InChI=1S/C27H28N2O3/c1-20-18-23(29-16-8-9-17-29)14-15-24(20)28-25(30)19-32-27(31)26(21-10-4-2-5-11-21)22-12-6-3-7-13-22/h2-7,10-15,18,26H,8-9,16-17,19H2,1H3,(H,28,30). The third kappa shape index (κ3) is 5.17. The van der Waals surface area contributed by atoms with Gasteiger partial charge in [0.05, 0.1) is 0 Å². The summed E-state index contributed by atoms with van der Waals surface area (Å²) >= 11 is 0. The van der Waals surface area contributed by atoms with Gasteiger partial charge < -0.3 is 15.0 Å². The molecule has 5 nitrogen and oxygen atoms in total. The lowest BCUT2D eigenvalue weighted by Gasteiger charge is -2.19. The van der Waals surface area contributed by atoms with Crippen LogP contribution in [0, 0.1) is 6.92 Å². The maximum absolute atomic E-state index is 13.0. The van der Waals surface area contributed by atoms with Gasteiger partial charge in [0.25, 0.3) is 5.91 Å². The zero-order chi connectivity index (χ0) is 22.3. The minimum atomic E-state index is -0.577. The third-order valence-electron chi connectivity index (χ3n) is 5.80. The summed E-state index contributed by atoms with van der Waals surface area (Å²) in [6.07, 6.45) is 2.44. The van der Waals surface area contributed by atoms with Gasteiger partial charge in [-0.1, -0.05) is 60.7 Å². The Morgan fingerprint density at radius 3 is 2.06 bits per heavy atom. The fraction of sp³-hybridized carbons (Fsp3) is 0.259. The van der Waals surface area contributed by atoms with E-state index < -0.39 is 11.9 Å². The van der Waals surface area contributed by atoms with Crippen molar-refractivity contribution in [3.63, 3.8) is 0 Å². The number of carbonyl (C=O) groups excluding carboxylic acids is 2. The molecule has 5 heteroatoms. The van der Waals surface area contributed by atoms with Crippen molar-refractivity contribution < 1.29 is 14.3 Å². The first kappa shape index (κ1) is 21.6. The minimum absolute atomic E-state index is 0.331. The summed E-state index contributed by atoms with van der Waals surface area (Å²) in [4.78, 5) is 27.8. The van der Waals surface area contributed by atoms with Crippen LogP contribution in [-0.2, 0) is 14.3 Å². The molecule has 164 valence electrons. The van der Waals surface area contributed by atoms with Crippen LogP contribution in [0.25, 0.3) is 0 Å². The second kappa shape index (κ2) is 10.1. The van der Waals surface area contributed by atoms with Crippen LogP contribution in [0.5, 0.6) is 0 Å². The number of carbonyl (C=O) groups is 2. The number of nitrogens with zero attached hydrogens (tertiary/aromatic N) is 1. The second-order valence-electron chi connectivity index (χ2n) is 8.10. The van der Waals surface area contributed by atoms with Gasteiger partial charge in [0.2, 0.25) is 0 Å². The van der Waals surface area contributed by atoms with Gasteiger partial charge in [-0.2, -0.15) is 0 Å². The van der Waals surface area contributed by atoms with Crippen molar-refractivity contribution >= 4 is 23.3 Å². The normalized spacial score (nSPS) is 13.2. The first-order valence-corrected chi connectivity index (χ1v) is 11.0. The molecule has 32 heavy (non-hydrogen) atoms. The Morgan fingerprint density at radius 1 is 0.906 bits per heavy atom. The quantitative estimate of drug-likeness (QED) is 0.543. The van der Waals surface area contributed by atoms with Crippen LogP contribution in [0.3, 0.4) is 0 Å². The summed E-state index contributed by atoms with van der Waals surface area (Å²) < 4.78 is 5.43. The van der Waals surface area contributed by atoms with Gasteiger partial charge in [0.1, 0.15) is 5.92 Å². The molecule has 1 heterocycles. The molecule has 3 aromatic rings. The molecule has 0 unspecified atom stereocenters. The summed E-state index contributed by atoms with van der Waals surface area (Å²) in [5.41, 5.74) is 4.56. The van der Waals surface area contributed by atoms with Gasteiger partial charge in [0, 0.05) is 24.5 Å². The zero-order valence-electron chi connectivity index (χ0n) is 18.3. The first-order valence-electron chi connectivity index (χ1n) is 11.0. The van der Waals surface area contributed by atoms with Gasteiger partial charge in [0.15, 0.2) is 6.61 Å². The van der Waals surface area contributed by atoms with E-state index in [0.717, 1.165) is 35.5 Å². The van der Waals surface area contributed by atoms with Gasteiger partial charge in [-0.05, 0) is 54.7 Å². The molecular formula is C27H28N2O3. The van der Waals surface area contributed by atoms with Crippen molar-refractivity contribution in [1.29, 1.82) is 0 Å².